The molecule has 1 aliphatic heterocycles. The first-order chi connectivity index (χ1) is 22.6. The maximum absolute atomic E-state index is 6.62. The number of hydrogen-bond acceptors (Lipinski definition) is 4. The van der Waals surface area contributed by atoms with Gasteiger partial charge in [0.1, 0.15) is 17.3 Å². The highest BCUT2D eigenvalue weighted by atomic mass is 16.5. The van der Waals surface area contributed by atoms with Crippen molar-refractivity contribution in [2.45, 2.75) is 19.3 Å². The molecular formula is C41H32N4O. The molecule has 0 aliphatic carbocycles. The molecule has 0 atom stereocenters. The molecule has 0 fully saturated rings. The highest BCUT2D eigenvalue weighted by Gasteiger charge is 2.46. The van der Waals surface area contributed by atoms with Crippen molar-refractivity contribution >= 4 is 17.2 Å². The number of rotatable bonds is 6. The normalized spacial score (nSPS) is 13.1. The molecule has 5 heteroatoms. The van der Waals surface area contributed by atoms with E-state index in [0.29, 0.717) is 0 Å². The molecule has 0 unspecified atom stereocenters. The zero-order valence-corrected chi connectivity index (χ0v) is 25.7. The van der Waals surface area contributed by atoms with Crippen LogP contribution < -0.4 is 9.64 Å². The van der Waals surface area contributed by atoms with E-state index in [-0.39, 0.29) is 0 Å². The maximum Gasteiger partial charge on any atom is 0.137 e. The summed E-state index contributed by atoms with van der Waals surface area (Å²) < 4.78 is 8.56. The number of para-hydroxylation sites is 1. The van der Waals surface area contributed by atoms with Crippen molar-refractivity contribution in [1.29, 1.82) is 0 Å². The Morgan fingerprint density at radius 3 is 1.93 bits per heavy atom. The number of benzene rings is 5. The van der Waals surface area contributed by atoms with Gasteiger partial charge in [0.25, 0.3) is 0 Å². The lowest BCUT2D eigenvalue weighted by atomic mass is 9.62. The van der Waals surface area contributed by atoms with Crippen molar-refractivity contribution in [3.8, 4) is 17.2 Å². The molecule has 5 nitrogen and oxygen atoms in total. The summed E-state index contributed by atoms with van der Waals surface area (Å²) in [6.45, 7) is 4.07. The summed E-state index contributed by atoms with van der Waals surface area (Å²) in [5.74, 6) is 2.32. The summed E-state index contributed by atoms with van der Waals surface area (Å²) in [5, 5.41) is 4.67. The van der Waals surface area contributed by atoms with Gasteiger partial charge in [-0.3, -0.25) is 4.90 Å². The van der Waals surface area contributed by atoms with Crippen LogP contribution in [0.4, 0.5) is 17.2 Å². The minimum atomic E-state index is -0.576. The van der Waals surface area contributed by atoms with Crippen molar-refractivity contribution in [3.05, 3.63) is 191 Å². The average Bonchev–Trinajstić information content (AvgIpc) is 3.45. The Morgan fingerprint density at radius 1 is 0.565 bits per heavy atom. The summed E-state index contributed by atoms with van der Waals surface area (Å²) in [4.78, 5) is 7.10. The first-order valence-electron chi connectivity index (χ1n) is 15.5. The van der Waals surface area contributed by atoms with Gasteiger partial charge < -0.3 is 4.74 Å². The van der Waals surface area contributed by atoms with E-state index >= 15 is 0 Å². The Balaban J connectivity index is 1.35. The summed E-state index contributed by atoms with van der Waals surface area (Å²) in [6.07, 6.45) is 1.85. The Kier molecular flexibility index (Phi) is 6.72. The van der Waals surface area contributed by atoms with Crippen molar-refractivity contribution in [3.63, 3.8) is 0 Å². The molecule has 5 aromatic carbocycles. The van der Waals surface area contributed by atoms with Crippen LogP contribution in [-0.4, -0.2) is 14.8 Å². The highest BCUT2D eigenvalue weighted by molar-refractivity contribution is 5.89. The molecule has 3 heterocycles. The van der Waals surface area contributed by atoms with Crippen LogP contribution >= 0.6 is 0 Å². The first-order valence-corrected chi connectivity index (χ1v) is 15.5. The molecule has 8 rings (SSSR count). The number of aromatic nitrogens is 3. The van der Waals surface area contributed by atoms with E-state index in [1.807, 2.05) is 54.2 Å². The molecule has 1 aliphatic rings. The molecule has 0 saturated heterocycles. The van der Waals surface area contributed by atoms with Gasteiger partial charge in [-0.25, -0.2) is 9.67 Å². The summed E-state index contributed by atoms with van der Waals surface area (Å²) >= 11 is 0. The van der Waals surface area contributed by atoms with Gasteiger partial charge in [-0.1, -0.05) is 97.1 Å². The van der Waals surface area contributed by atoms with Crippen molar-refractivity contribution in [1.82, 2.24) is 14.8 Å². The zero-order chi connectivity index (χ0) is 31.1. The second-order valence-electron chi connectivity index (χ2n) is 11.6. The predicted molar refractivity (Wildman–Crippen MR) is 184 cm³/mol. The van der Waals surface area contributed by atoms with Crippen LogP contribution in [0.3, 0.4) is 0 Å². The van der Waals surface area contributed by atoms with Gasteiger partial charge in [0.15, 0.2) is 0 Å². The topological polar surface area (TPSA) is 43.2 Å². The molecule has 222 valence electrons. The Hall–Kier alpha value is -5.94. The number of nitrogens with zero attached hydrogens (tertiary/aromatic N) is 4. The standard InChI is InChI=1S/C41H32N4O/c1-29-26-30(2)45(43-29)33-18-13-19-34(27-33)46-35-23-24-37-39(28-35)44(40-22-11-12-25-42-40)38-21-10-9-20-36(38)41(37,31-14-5-3-6-15-31)32-16-7-4-8-17-32/h3-28H,1-2H3. The largest absolute Gasteiger partial charge is 0.457 e. The second-order valence-corrected chi connectivity index (χ2v) is 11.6. The third-order valence-electron chi connectivity index (χ3n) is 8.76. The monoisotopic (exact) mass is 596 g/mol. The van der Waals surface area contributed by atoms with Crippen LogP contribution in [0.15, 0.2) is 158 Å². The molecule has 46 heavy (non-hydrogen) atoms. The van der Waals surface area contributed by atoms with Crippen molar-refractivity contribution in [2.24, 2.45) is 0 Å². The molecular weight excluding hydrogens is 564 g/mol. The minimum Gasteiger partial charge on any atom is -0.457 e. The lowest BCUT2D eigenvalue weighted by Gasteiger charge is -2.46. The minimum absolute atomic E-state index is 0.576. The number of aryl methyl sites for hydroxylation is 2. The molecule has 0 bridgehead atoms. The van der Waals surface area contributed by atoms with E-state index in [9.17, 15) is 0 Å². The highest BCUT2D eigenvalue weighted by Crippen LogP contribution is 2.58. The Morgan fingerprint density at radius 2 is 1.24 bits per heavy atom. The van der Waals surface area contributed by atoms with E-state index < -0.39 is 5.41 Å². The van der Waals surface area contributed by atoms with Gasteiger partial charge in [-0.15, -0.1) is 0 Å². The third-order valence-corrected chi connectivity index (χ3v) is 8.76. The number of pyridine rings is 1. The predicted octanol–water partition coefficient (Wildman–Crippen LogP) is 9.84. The Labute approximate surface area is 269 Å². The number of fused-ring (bicyclic) bond motifs is 2. The summed E-state index contributed by atoms with van der Waals surface area (Å²) in [6, 6.07) is 52.9. The SMILES string of the molecule is Cc1cc(C)n(-c2cccc(Oc3ccc4c(c3)N(c3ccccn3)c3ccccc3C4(c3ccccc3)c3ccccc3)c2)n1. The van der Waals surface area contributed by atoms with E-state index in [2.05, 4.69) is 132 Å². The van der Waals surface area contributed by atoms with E-state index in [1.165, 1.54) is 16.7 Å². The number of hydrogen-bond donors (Lipinski definition) is 0. The number of anilines is 3. The molecule has 0 amide bonds. The zero-order valence-electron chi connectivity index (χ0n) is 25.7. The van der Waals surface area contributed by atoms with Gasteiger partial charge in [0, 0.05) is 24.0 Å². The van der Waals surface area contributed by atoms with Crippen LogP contribution in [0, 0.1) is 13.8 Å². The fourth-order valence-corrected chi connectivity index (χ4v) is 6.94. The molecule has 0 N–H and O–H groups in total. The number of ether oxygens (including phenoxy) is 1. The average molecular weight is 597 g/mol. The van der Waals surface area contributed by atoms with E-state index in [1.54, 1.807) is 0 Å². The Bertz CT molecular complexity index is 2120. The van der Waals surface area contributed by atoms with Crippen LogP contribution in [-0.2, 0) is 5.41 Å². The smallest absolute Gasteiger partial charge is 0.137 e. The molecule has 0 saturated carbocycles. The lowest BCUT2D eigenvalue weighted by Crippen LogP contribution is -2.37. The van der Waals surface area contributed by atoms with Gasteiger partial charge in [0.05, 0.1) is 28.2 Å². The van der Waals surface area contributed by atoms with Crippen LogP contribution in [0.25, 0.3) is 5.69 Å². The van der Waals surface area contributed by atoms with Gasteiger partial charge in [0.2, 0.25) is 0 Å². The fourth-order valence-electron chi connectivity index (χ4n) is 6.94. The van der Waals surface area contributed by atoms with Crippen LogP contribution in [0.2, 0.25) is 0 Å². The van der Waals surface area contributed by atoms with E-state index in [4.69, 9.17) is 9.72 Å². The quantitative estimate of drug-likeness (QED) is 0.192. The van der Waals surface area contributed by atoms with Crippen LogP contribution in [0.5, 0.6) is 11.5 Å². The fraction of sp³-hybridized carbons (Fsp3) is 0.0732. The molecule has 0 spiro atoms. The molecule has 2 aromatic heterocycles. The van der Waals surface area contributed by atoms with E-state index in [0.717, 1.165) is 51.3 Å². The van der Waals surface area contributed by atoms with Gasteiger partial charge >= 0.3 is 0 Å². The third kappa shape index (κ3) is 4.48. The van der Waals surface area contributed by atoms with Crippen molar-refractivity contribution in [2.75, 3.05) is 4.90 Å². The lowest BCUT2D eigenvalue weighted by molar-refractivity contribution is 0.481. The second kappa shape index (κ2) is 11.2. The summed E-state index contributed by atoms with van der Waals surface area (Å²) in [7, 11) is 0. The summed E-state index contributed by atoms with van der Waals surface area (Å²) in [5.41, 5.74) is 9.26. The van der Waals surface area contributed by atoms with Crippen molar-refractivity contribution < 1.29 is 4.74 Å². The maximum atomic E-state index is 6.62. The van der Waals surface area contributed by atoms with Gasteiger partial charge in [-0.2, -0.15) is 5.10 Å². The van der Waals surface area contributed by atoms with Gasteiger partial charge in [-0.05, 0) is 78.6 Å². The van der Waals surface area contributed by atoms with Crippen LogP contribution in [0.1, 0.15) is 33.6 Å². The molecule has 7 aromatic rings. The first kappa shape index (κ1) is 27.6. The molecule has 0 radical (unpaired) electrons.